The van der Waals surface area contributed by atoms with Crippen LogP contribution in [0.4, 0.5) is 21.9 Å². The Morgan fingerprint density at radius 2 is 1.77 bits per heavy atom. The van der Waals surface area contributed by atoms with E-state index in [1.54, 1.807) is 24.3 Å². The van der Waals surface area contributed by atoms with E-state index in [0.29, 0.717) is 22.7 Å². The van der Waals surface area contributed by atoms with E-state index in [0.717, 1.165) is 24.8 Å². The van der Waals surface area contributed by atoms with Crippen molar-refractivity contribution in [2.75, 3.05) is 16.4 Å². The Kier molecular flexibility index (Phi) is 8.21. The summed E-state index contributed by atoms with van der Waals surface area (Å²) in [6.07, 6.45) is 4.49. The molecule has 0 aliphatic carbocycles. The van der Waals surface area contributed by atoms with E-state index in [4.69, 9.17) is 15.7 Å². The summed E-state index contributed by atoms with van der Waals surface area (Å²) in [6.45, 7) is 6.59. The van der Waals surface area contributed by atoms with Crippen molar-refractivity contribution in [3.05, 3.63) is 71.8 Å². The second-order valence-corrected chi connectivity index (χ2v) is 9.11. The van der Waals surface area contributed by atoms with E-state index in [-0.39, 0.29) is 22.5 Å². The number of unbranched alkanes of at least 4 members (excludes halogenated alkanes) is 2. The molecule has 0 radical (unpaired) electrons. The van der Waals surface area contributed by atoms with Crippen molar-refractivity contribution >= 4 is 23.1 Å². The fourth-order valence-electron chi connectivity index (χ4n) is 3.87. The number of anilines is 3. The van der Waals surface area contributed by atoms with E-state index < -0.39 is 6.03 Å². The average molecular weight is 473 g/mol. The highest BCUT2D eigenvalue weighted by Crippen LogP contribution is 2.41. The number of nitrogens with two attached hydrogens (primary N) is 1. The molecule has 35 heavy (non-hydrogen) atoms. The van der Waals surface area contributed by atoms with Crippen molar-refractivity contribution in [2.24, 2.45) is 0 Å². The predicted octanol–water partition coefficient (Wildman–Crippen LogP) is 7.14. The van der Waals surface area contributed by atoms with Gasteiger partial charge in [0.2, 0.25) is 0 Å². The number of amides is 2. The lowest BCUT2D eigenvalue weighted by atomic mass is 9.79. The van der Waals surface area contributed by atoms with Crippen molar-refractivity contribution in [3.8, 4) is 23.3 Å². The molecular weight excluding hydrogens is 440 g/mol. The number of ether oxygens (including phenoxy) is 1. The van der Waals surface area contributed by atoms with E-state index in [1.807, 2.05) is 24.3 Å². The molecular formula is C28H32N4O3. The smallest absolute Gasteiger partial charge is 0.323 e. The van der Waals surface area contributed by atoms with Crippen molar-refractivity contribution < 1.29 is 14.6 Å². The second kappa shape index (κ2) is 11.3. The van der Waals surface area contributed by atoms with Crippen LogP contribution in [0.2, 0.25) is 0 Å². The van der Waals surface area contributed by atoms with Gasteiger partial charge in [-0.2, -0.15) is 5.26 Å². The van der Waals surface area contributed by atoms with Gasteiger partial charge in [0.05, 0.1) is 23.0 Å². The highest BCUT2D eigenvalue weighted by Gasteiger charge is 2.24. The number of phenols is 1. The van der Waals surface area contributed by atoms with Crippen molar-refractivity contribution in [3.63, 3.8) is 0 Å². The van der Waals surface area contributed by atoms with E-state index in [9.17, 15) is 9.90 Å². The molecule has 0 saturated carbocycles. The Morgan fingerprint density at radius 3 is 2.46 bits per heavy atom. The summed E-state index contributed by atoms with van der Waals surface area (Å²) in [5.74, 6) is 0.825. The van der Waals surface area contributed by atoms with Crippen LogP contribution in [0.25, 0.3) is 0 Å². The van der Waals surface area contributed by atoms with Crippen LogP contribution >= 0.6 is 0 Å². The first-order chi connectivity index (χ1) is 16.7. The molecule has 3 aromatic rings. The first-order valence-electron chi connectivity index (χ1n) is 11.7. The number of nitrogen functional groups attached to an aromatic ring is 1. The molecule has 3 rings (SSSR count). The average Bonchev–Trinajstić information content (AvgIpc) is 2.83. The number of hydrogen-bond donors (Lipinski definition) is 4. The zero-order valence-corrected chi connectivity index (χ0v) is 20.4. The van der Waals surface area contributed by atoms with Gasteiger partial charge in [-0.25, -0.2) is 4.79 Å². The SMILES string of the molecule is CCCCCC(C)(C)c1ccccc1Oc1cc(NC(=O)Nc2ccc(C#N)cc2)c(O)cc1N. The van der Waals surface area contributed by atoms with Gasteiger partial charge in [-0.15, -0.1) is 0 Å². The van der Waals surface area contributed by atoms with Crippen molar-refractivity contribution in [1.29, 1.82) is 5.26 Å². The predicted molar refractivity (Wildman–Crippen MR) is 140 cm³/mol. The monoisotopic (exact) mass is 472 g/mol. The number of para-hydroxylation sites is 1. The number of carbonyl (C=O) groups excluding carboxylic acids is 1. The Bertz CT molecular complexity index is 1210. The van der Waals surface area contributed by atoms with Gasteiger partial charge in [0.25, 0.3) is 0 Å². The number of phenolic OH excluding ortho intramolecular Hbond substituents is 1. The van der Waals surface area contributed by atoms with E-state index in [2.05, 4.69) is 37.5 Å². The van der Waals surface area contributed by atoms with E-state index >= 15 is 0 Å². The maximum absolute atomic E-state index is 12.5. The Balaban J connectivity index is 1.80. The number of rotatable bonds is 9. The number of aromatic hydroxyl groups is 1. The molecule has 0 unspecified atom stereocenters. The number of nitriles is 1. The summed E-state index contributed by atoms with van der Waals surface area (Å²) in [5, 5.41) is 24.5. The third kappa shape index (κ3) is 6.67. The molecule has 7 nitrogen and oxygen atoms in total. The van der Waals surface area contributed by atoms with Crippen LogP contribution in [0.5, 0.6) is 17.2 Å². The summed E-state index contributed by atoms with van der Waals surface area (Å²) in [5.41, 5.74) is 8.50. The molecule has 0 fully saturated rings. The van der Waals surface area contributed by atoms with Crippen LogP contribution in [-0.4, -0.2) is 11.1 Å². The van der Waals surface area contributed by atoms with Crippen LogP contribution in [0.3, 0.4) is 0 Å². The normalized spacial score (nSPS) is 10.9. The van der Waals surface area contributed by atoms with Gasteiger partial charge >= 0.3 is 6.03 Å². The molecule has 5 N–H and O–H groups in total. The minimum Gasteiger partial charge on any atom is -0.506 e. The first kappa shape index (κ1) is 25.4. The minimum atomic E-state index is -0.557. The number of nitrogens with zero attached hydrogens (tertiary/aromatic N) is 1. The molecule has 2 amide bonds. The quantitative estimate of drug-likeness (QED) is 0.150. The lowest BCUT2D eigenvalue weighted by Crippen LogP contribution is -2.19. The maximum Gasteiger partial charge on any atom is 0.323 e. The molecule has 0 aromatic heterocycles. The van der Waals surface area contributed by atoms with Gasteiger partial charge in [0, 0.05) is 23.4 Å². The number of benzene rings is 3. The van der Waals surface area contributed by atoms with Gasteiger partial charge in [0.1, 0.15) is 11.5 Å². The fourth-order valence-corrected chi connectivity index (χ4v) is 3.87. The number of urea groups is 1. The summed E-state index contributed by atoms with van der Waals surface area (Å²) in [7, 11) is 0. The number of nitrogens with one attached hydrogen (secondary N) is 2. The van der Waals surface area contributed by atoms with Crippen LogP contribution < -0.4 is 21.1 Å². The summed E-state index contributed by atoms with van der Waals surface area (Å²) in [4.78, 5) is 12.5. The van der Waals surface area contributed by atoms with Gasteiger partial charge in [-0.1, -0.05) is 58.2 Å². The van der Waals surface area contributed by atoms with Gasteiger partial charge in [-0.3, -0.25) is 0 Å². The Hall–Kier alpha value is -4.18. The highest BCUT2D eigenvalue weighted by atomic mass is 16.5. The molecule has 0 aliphatic heterocycles. The van der Waals surface area contributed by atoms with Crippen LogP contribution in [0.15, 0.2) is 60.7 Å². The number of hydrogen-bond acceptors (Lipinski definition) is 5. The Morgan fingerprint density at radius 1 is 1.06 bits per heavy atom. The van der Waals surface area contributed by atoms with Crippen LogP contribution in [0, 0.1) is 11.3 Å². The minimum absolute atomic E-state index is 0.0977. The summed E-state index contributed by atoms with van der Waals surface area (Å²) in [6, 6.07) is 18.6. The third-order valence-electron chi connectivity index (χ3n) is 5.89. The summed E-state index contributed by atoms with van der Waals surface area (Å²) < 4.78 is 6.22. The first-order valence-corrected chi connectivity index (χ1v) is 11.7. The second-order valence-electron chi connectivity index (χ2n) is 9.11. The number of carbonyl (C=O) groups is 1. The Labute approximate surface area is 206 Å². The van der Waals surface area contributed by atoms with Crippen molar-refractivity contribution in [2.45, 2.75) is 51.9 Å². The maximum atomic E-state index is 12.5. The molecule has 0 spiro atoms. The standard InChI is InChI=1S/C28H32N4O3/c1-4-5-8-15-28(2,3)21-9-6-7-10-25(21)35-26-17-23(24(33)16-22(26)30)32-27(34)31-20-13-11-19(18-29)12-14-20/h6-7,9-14,16-17,33H,4-5,8,15,30H2,1-3H3,(H2,31,32,34). The molecule has 0 atom stereocenters. The highest BCUT2D eigenvalue weighted by molar-refractivity contribution is 6.01. The van der Waals surface area contributed by atoms with Crippen LogP contribution in [0.1, 0.15) is 57.6 Å². The van der Waals surface area contributed by atoms with Gasteiger partial charge < -0.3 is 26.2 Å². The largest absolute Gasteiger partial charge is 0.506 e. The topological polar surface area (TPSA) is 120 Å². The molecule has 0 saturated heterocycles. The molecule has 0 aliphatic rings. The lowest BCUT2D eigenvalue weighted by Gasteiger charge is -2.28. The fraction of sp³-hybridized carbons (Fsp3) is 0.286. The van der Waals surface area contributed by atoms with Crippen molar-refractivity contribution in [1.82, 2.24) is 0 Å². The molecule has 3 aromatic carbocycles. The van der Waals surface area contributed by atoms with Gasteiger partial charge in [0.15, 0.2) is 5.75 Å². The zero-order valence-electron chi connectivity index (χ0n) is 20.4. The molecule has 182 valence electrons. The zero-order chi connectivity index (χ0) is 25.4. The lowest BCUT2D eigenvalue weighted by molar-refractivity contribution is 0.262. The molecule has 0 heterocycles. The molecule has 0 bridgehead atoms. The molecule has 7 heteroatoms. The third-order valence-corrected chi connectivity index (χ3v) is 5.89. The van der Waals surface area contributed by atoms with E-state index in [1.165, 1.54) is 18.6 Å². The van der Waals surface area contributed by atoms with Gasteiger partial charge in [-0.05, 0) is 42.2 Å². The van der Waals surface area contributed by atoms with Crippen LogP contribution in [-0.2, 0) is 5.41 Å². The summed E-state index contributed by atoms with van der Waals surface area (Å²) >= 11 is 0.